The zero-order valence-corrected chi connectivity index (χ0v) is 18.5. The molecule has 0 saturated carbocycles. The summed E-state index contributed by atoms with van der Waals surface area (Å²) in [6.07, 6.45) is 1.84. The molecular formula is C26H22ClN3O2. The number of anilines is 2. The number of aromatic carboxylic acids is 1. The lowest BCUT2D eigenvalue weighted by Crippen LogP contribution is -2.02. The molecule has 0 unspecified atom stereocenters. The largest absolute Gasteiger partial charge is 0.478 e. The highest BCUT2D eigenvalue weighted by Crippen LogP contribution is 2.26. The van der Waals surface area contributed by atoms with Crippen LogP contribution in [0.15, 0.2) is 83.9 Å². The van der Waals surface area contributed by atoms with Crippen LogP contribution in [0.25, 0.3) is 5.69 Å². The van der Waals surface area contributed by atoms with E-state index in [-0.39, 0.29) is 10.6 Å². The van der Waals surface area contributed by atoms with Gasteiger partial charge < -0.3 is 15.0 Å². The number of halogens is 1. The fourth-order valence-corrected chi connectivity index (χ4v) is 3.85. The molecule has 2 N–H and O–H groups in total. The highest BCUT2D eigenvalue weighted by molar-refractivity contribution is 6.33. The van der Waals surface area contributed by atoms with Gasteiger partial charge in [0.05, 0.1) is 16.3 Å². The average Bonchev–Trinajstić information content (AvgIpc) is 3.06. The van der Waals surface area contributed by atoms with Gasteiger partial charge in [0.25, 0.3) is 0 Å². The zero-order valence-electron chi connectivity index (χ0n) is 17.7. The number of nitrogens with zero attached hydrogens (tertiary/aromatic N) is 2. The van der Waals surface area contributed by atoms with Crippen molar-refractivity contribution < 1.29 is 9.90 Å². The maximum absolute atomic E-state index is 11.2. The molecule has 1 heterocycles. The minimum absolute atomic E-state index is 0.0878. The Hall–Kier alpha value is -3.83. The molecule has 0 radical (unpaired) electrons. The number of aliphatic imine (C=N–C) groups is 1. The van der Waals surface area contributed by atoms with Crippen molar-refractivity contribution in [3.8, 4) is 5.69 Å². The number of aromatic nitrogens is 1. The Kier molecular flexibility index (Phi) is 6.10. The Morgan fingerprint density at radius 2 is 1.66 bits per heavy atom. The first-order chi connectivity index (χ1) is 15.4. The smallest absolute Gasteiger partial charge is 0.337 e. The summed E-state index contributed by atoms with van der Waals surface area (Å²) in [6, 6.07) is 24.9. The normalized spacial score (nSPS) is 11.1. The second kappa shape index (κ2) is 9.12. The number of rotatable bonds is 6. The molecule has 6 heteroatoms. The van der Waals surface area contributed by atoms with Gasteiger partial charge >= 0.3 is 5.97 Å². The van der Waals surface area contributed by atoms with Crippen LogP contribution in [0.3, 0.4) is 0 Å². The summed E-state index contributed by atoms with van der Waals surface area (Å²) in [7, 11) is 0. The number of carboxylic acids is 1. The maximum Gasteiger partial charge on any atom is 0.337 e. The van der Waals surface area contributed by atoms with E-state index < -0.39 is 5.97 Å². The van der Waals surface area contributed by atoms with Crippen LogP contribution in [0.4, 0.5) is 17.1 Å². The molecule has 0 saturated heterocycles. The SMILES string of the molecule is Cc1cc(C=Nc2ccc(Nc3ccccc3)cc2)c(C)n1-c1ccc(C(=O)O)c(Cl)c1. The molecule has 5 nitrogen and oxygen atoms in total. The third-order valence-corrected chi connectivity index (χ3v) is 5.51. The molecule has 160 valence electrons. The van der Waals surface area contributed by atoms with Crippen molar-refractivity contribution in [1.82, 2.24) is 4.57 Å². The van der Waals surface area contributed by atoms with Crippen molar-refractivity contribution in [2.45, 2.75) is 13.8 Å². The van der Waals surface area contributed by atoms with Gasteiger partial charge in [0.15, 0.2) is 0 Å². The van der Waals surface area contributed by atoms with Crippen molar-refractivity contribution in [3.05, 3.63) is 106 Å². The summed E-state index contributed by atoms with van der Waals surface area (Å²) in [6.45, 7) is 3.99. The van der Waals surface area contributed by atoms with Crippen molar-refractivity contribution in [1.29, 1.82) is 0 Å². The van der Waals surface area contributed by atoms with Crippen LogP contribution in [0.5, 0.6) is 0 Å². The third-order valence-electron chi connectivity index (χ3n) is 5.19. The van der Waals surface area contributed by atoms with Crippen LogP contribution in [0.2, 0.25) is 5.02 Å². The minimum atomic E-state index is -1.04. The molecule has 4 aromatic rings. The van der Waals surface area contributed by atoms with Crippen molar-refractivity contribution in [2.75, 3.05) is 5.32 Å². The monoisotopic (exact) mass is 443 g/mol. The van der Waals surface area contributed by atoms with Gasteiger partial charge in [-0.2, -0.15) is 0 Å². The fraction of sp³-hybridized carbons (Fsp3) is 0.0769. The van der Waals surface area contributed by atoms with Crippen LogP contribution < -0.4 is 5.32 Å². The van der Waals surface area contributed by atoms with E-state index in [0.29, 0.717) is 0 Å². The molecule has 0 spiro atoms. The Morgan fingerprint density at radius 1 is 0.969 bits per heavy atom. The van der Waals surface area contributed by atoms with E-state index in [0.717, 1.165) is 39.7 Å². The van der Waals surface area contributed by atoms with Gasteiger partial charge in [-0.3, -0.25) is 4.99 Å². The molecule has 3 aromatic carbocycles. The second-order valence-corrected chi connectivity index (χ2v) is 7.83. The number of hydrogen-bond acceptors (Lipinski definition) is 3. The van der Waals surface area contributed by atoms with Crippen LogP contribution >= 0.6 is 11.6 Å². The first-order valence-electron chi connectivity index (χ1n) is 10.1. The first kappa shape index (κ1) is 21.4. The Bertz CT molecular complexity index is 1290. The van der Waals surface area contributed by atoms with Gasteiger partial charge in [0, 0.05) is 40.2 Å². The van der Waals surface area contributed by atoms with Crippen LogP contribution in [-0.2, 0) is 0 Å². The van der Waals surface area contributed by atoms with Crippen LogP contribution in [0.1, 0.15) is 27.3 Å². The second-order valence-electron chi connectivity index (χ2n) is 7.43. The minimum Gasteiger partial charge on any atom is -0.478 e. The lowest BCUT2D eigenvalue weighted by molar-refractivity contribution is 0.0697. The standard InChI is InChI=1S/C26H22ClN3O2/c1-17-14-19(18(2)30(17)23-12-13-24(26(31)32)25(27)15-23)16-28-20-8-10-22(11-9-20)29-21-6-4-3-5-7-21/h3-16,29H,1-2H3,(H,31,32). The first-order valence-corrected chi connectivity index (χ1v) is 10.5. The molecule has 0 fully saturated rings. The van der Waals surface area contributed by atoms with Gasteiger partial charge in [-0.25, -0.2) is 4.79 Å². The predicted molar refractivity (Wildman–Crippen MR) is 131 cm³/mol. The topological polar surface area (TPSA) is 66.6 Å². The molecule has 4 rings (SSSR count). The van der Waals surface area contributed by atoms with Crippen molar-refractivity contribution in [2.24, 2.45) is 4.99 Å². The molecule has 0 aliphatic rings. The van der Waals surface area contributed by atoms with E-state index in [1.54, 1.807) is 12.1 Å². The van der Waals surface area contributed by atoms with Gasteiger partial charge in [0.1, 0.15) is 0 Å². The number of benzene rings is 3. The summed E-state index contributed by atoms with van der Waals surface area (Å²) in [4.78, 5) is 15.8. The lowest BCUT2D eigenvalue weighted by Gasteiger charge is -2.11. The molecule has 0 amide bonds. The van der Waals surface area contributed by atoms with Gasteiger partial charge in [-0.15, -0.1) is 0 Å². The van der Waals surface area contributed by atoms with Crippen molar-refractivity contribution >= 4 is 40.8 Å². The number of carboxylic acid groups (broad SMARTS) is 1. The maximum atomic E-state index is 11.2. The summed E-state index contributed by atoms with van der Waals surface area (Å²) >= 11 is 6.17. The number of para-hydroxylation sites is 1. The van der Waals surface area contributed by atoms with E-state index in [1.165, 1.54) is 6.07 Å². The quantitative estimate of drug-likeness (QED) is 0.317. The highest BCUT2D eigenvalue weighted by Gasteiger charge is 2.13. The van der Waals surface area contributed by atoms with E-state index >= 15 is 0 Å². The number of nitrogens with one attached hydrogen (secondary N) is 1. The highest BCUT2D eigenvalue weighted by atomic mass is 35.5. The van der Waals surface area contributed by atoms with Crippen molar-refractivity contribution in [3.63, 3.8) is 0 Å². The predicted octanol–water partition coefficient (Wildman–Crippen LogP) is 6.94. The average molecular weight is 444 g/mol. The van der Waals surface area contributed by atoms with E-state index in [1.807, 2.05) is 85.3 Å². The third kappa shape index (κ3) is 4.58. The summed E-state index contributed by atoms with van der Waals surface area (Å²) in [5.74, 6) is -1.04. The Labute approximate surface area is 191 Å². The van der Waals surface area contributed by atoms with Gasteiger partial charge in [-0.1, -0.05) is 29.8 Å². The Morgan fingerprint density at radius 3 is 2.31 bits per heavy atom. The molecule has 0 bridgehead atoms. The number of aryl methyl sites for hydroxylation is 1. The Balaban J connectivity index is 1.54. The van der Waals surface area contributed by atoms with E-state index in [2.05, 4.69) is 10.3 Å². The number of hydrogen-bond donors (Lipinski definition) is 2. The van der Waals surface area contributed by atoms with Gasteiger partial charge in [-0.05, 0) is 74.5 Å². The van der Waals surface area contributed by atoms with Gasteiger partial charge in [0.2, 0.25) is 0 Å². The summed E-state index contributed by atoms with van der Waals surface area (Å²) in [5, 5.41) is 12.8. The lowest BCUT2D eigenvalue weighted by atomic mass is 10.2. The molecule has 0 aliphatic heterocycles. The zero-order chi connectivity index (χ0) is 22.7. The molecule has 32 heavy (non-hydrogen) atoms. The molecule has 1 aromatic heterocycles. The van der Waals surface area contributed by atoms with E-state index in [4.69, 9.17) is 11.6 Å². The summed E-state index contributed by atoms with van der Waals surface area (Å²) < 4.78 is 2.03. The van der Waals surface area contributed by atoms with Crippen LogP contribution in [-0.4, -0.2) is 21.9 Å². The van der Waals surface area contributed by atoms with Crippen LogP contribution in [0, 0.1) is 13.8 Å². The van der Waals surface area contributed by atoms with E-state index in [9.17, 15) is 9.90 Å². The molecular weight excluding hydrogens is 422 g/mol. The molecule has 0 atom stereocenters. The summed E-state index contributed by atoms with van der Waals surface area (Å²) in [5.41, 5.74) is 6.76. The number of carbonyl (C=O) groups is 1. The molecule has 0 aliphatic carbocycles. The fourth-order valence-electron chi connectivity index (χ4n) is 3.60.